The highest BCUT2D eigenvalue weighted by Gasteiger charge is 2.16. The van der Waals surface area contributed by atoms with Crippen LogP contribution in [0, 0.1) is 0 Å². The minimum atomic E-state index is 0.586. The number of benzene rings is 4. The van der Waals surface area contributed by atoms with Crippen molar-refractivity contribution in [3.63, 3.8) is 0 Å². The van der Waals surface area contributed by atoms with Gasteiger partial charge in [-0.1, -0.05) is 86.6 Å². The number of hydrogen-bond acceptors (Lipinski definition) is 1. The van der Waals surface area contributed by atoms with Gasteiger partial charge in [0.1, 0.15) is 5.82 Å². The van der Waals surface area contributed by atoms with Gasteiger partial charge in [-0.3, -0.25) is 0 Å². The Hall–Kier alpha value is -3.13. The molecular weight excluding hydrogens is 340 g/mol. The SMILES string of the molecule is CCC(C)c1ccc(-c2nc3c4ccccc4c4ccccc4c3n2C)cc1. The quantitative estimate of drug-likeness (QED) is 0.313. The molecule has 0 saturated carbocycles. The standard InChI is InChI=1S/C26H24N2/c1-4-17(2)18-13-15-19(16-14-18)26-27-24-22-11-7-5-9-20(22)21-10-6-8-12-23(21)25(24)28(26)3/h5-17H,4H2,1-3H3. The van der Waals surface area contributed by atoms with Crippen LogP contribution in [-0.2, 0) is 7.05 Å². The van der Waals surface area contributed by atoms with Crippen molar-refractivity contribution < 1.29 is 0 Å². The largest absolute Gasteiger partial charge is 0.327 e. The Balaban J connectivity index is 1.82. The highest BCUT2D eigenvalue weighted by molar-refractivity contribution is 6.23. The summed E-state index contributed by atoms with van der Waals surface area (Å²) in [5, 5.41) is 5.03. The molecule has 0 bridgehead atoms. The van der Waals surface area contributed by atoms with Gasteiger partial charge < -0.3 is 4.57 Å². The van der Waals surface area contributed by atoms with Crippen molar-refractivity contribution >= 4 is 32.6 Å². The van der Waals surface area contributed by atoms with E-state index in [1.807, 2.05) is 0 Å². The molecule has 1 aromatic heterocycles. The van der Waals surface area contributed by atoms with Crippen molar-refractivity contribution in [1.29, 1.82) is 0 Å². The molecule has 0 amide bonds. The molecule has 1 unspecified atom stereocenters. The summed E-state index contributed by atoms with van der Waals surface area (Å²) >= 11 is 0. The molecule has 0 spiro atoms. The van der Waals surface area contributed by atoms with Gasteiger partial charge in [0.2, 0.25) is 0 Å². The minimum Gasteiger partial charge on any atom is -0.327 e. The molecule has 5 aromatic rings. The van der Waals surface area contributed by atoms with Crippen molar-refractivity contribution in [2.24, 2.45) is 7.05 Å². The Bertz CT molecular complexity index is 1310. The minimum absolute atomic E-state index is 0.586. The maximum absolute atomic E-state index is 5.12. The highest BCUT2D eigenvalue weighted by atomic mass is 15.1. The van der Waals surface area contributed by atoms with Crippen molar-refractivity contribution in [2.45, 2.75) is 26.2 Å². The first-order valence-electron chi connectivity index (χ1n) is 10.0. The van der Waals surface area contributed by atoms with E-state index < -0.39 is 0 Å². The Kier molecular flexibility index (Phi) is 3.94. The second-order valence-electron chi connectivity index (χ2n) is 7.71. The lowest BCUT2D eigenvalue weighted by molar-refractivity contribution is 0.733. The van der Waals surface area contributed by atoms with Crippen LogP contribution in [0.3, 0.4) is 0 Å². The van der Waals surface area contributed by atoms with E-state index in [1.54, 1.807) is 0 Å². The lowest BCUT2D eigenvalue weighted by Crippen LogP contribution is -1.95. The molecule has 0 fully saturated rings. The van der Waals surface area contributed by atoms with E-state index >= 15 is 0 Å². The average molecular weight is 364 g/mol. The molecule has 0 aliphatic carbocycles. The van der Waals surface area contributed by atoms with Gasteiger partial charge >= 0.3 is 0 Å². The molecule has 5 rings (SSSR count). The van der Waals surface area contributed by atoms with Gasteiger partial charge in [0.05, 0.1) is 11.0 Å². The summed E-state index contributed by atoms with van der Waals surface area (Å²) in [5.41, 5.74) is 4.84. The third-order valence-electron chi connectivity index (χ3n) is 6.10. The van der Waals surface area contributed by atoms with Crippen LogP contribution in [-0.4, -0.2) is 9.55 Å². The molecule has 1 heterocycles. The fourth-order valence-electron chi connectivity index (χ4n) is 4.30. The summed E-state index contributed by atoms with van der Waals surface area (Å²) in [4.78, 5) is 5.12. The Morgan fingerprint density at radius 3 is 2.00 bits per heavy atom. The maximum atomic E-state index is 5.12. The van der Waals surface area contributed by atoms with E-state index in [4.69, 9.17) is 4.98 Å². The Morgan fingerprint density at radius 2 is 1.36 bits per heavy atom. The van der Waals surface area contributed by atoms with Crippen LogP contribution in [0.2, 0.25) is 0 Å². The van der Waals surface area contributed by atoms with E-state index in [0.717, 1.165) is 17.8 Å². The van der Waals surface area contributed by atoms with Gasteiger partial charge in [0.25, 0.3) is 0 Å². The number of fused-ring (bicyclic) bond motifs is 6. The van der Waals surface area contributed by atoms with Crippen molar-refractivity contribution in [3.8, 4) is 11.4 Å². The lowest BCUT2D eigenvalue weighted by Gasteiger charge is -2.10. The smallest absolute Gasteiger partial charge is 0.140 e. The zero-order valence-corrected chi connectivity index (χ0v) is 16.6. The van der Waals surface area contributed by atoms with Gasteiger partial charge in [-0.25, -0.2) is 4.98 Å². The summed E-state index contributed by atoms with van der Waals surface area (Å²) in [6.45, 7) is 4.52. The normalized spacial score (nSPS) is 12.8. The van der Waals surface area contributed by atoms with Gasteiger partial charge in [-0.15, -0.1) is 0 Å². The summed E-state index contributed by atoms with van der Waals surface area (Å²) in [6, 6.07) is 26.2. The zero-order chi connectivity index (χ0) is 19.3. The molecule has 28 heavy (non-hydrogen) atoms. The third kappa shape index (κ3) is 2.45. The van der Waals surface area contributed by atoms with Crippen LogP contribution < -0.4 is 0 Å². The number of rotatable bonds is 3. The van der Waals surface area contributed by atoms with Crippen LogP contribution >= 0.6 is 0 Å². The van der Waals surface area contributed by atoms with Crippen LogP contribution in [0.4, 0.5) is 0 Å². The van der Waals surface area contributed by atoms with Crippen molar-refractivity contribution in [1.82, 2.24) is 9.55 Å². The van der Waals surface area contributed by atoms with Crippen LogP contribution in [0.5, 0.6) is 0 Å². The summed E-state index contributed by atoms with van der Waals surface area (Å²) < 4.78 is 2.25. The lowest BCUT2D eigenvalue weighted by atomic mass is 9.97. The summed E-state index contributed by atoms with van der Waals surface area (Å²) in [5.74, 6) is 1.61. The van der Waals surface area contributed by atoms with Gasteiger partial charge in [-0.2, -0.15) is 0 Å². The molecule has 2 heteroatoms. The number of imidazole rings is 1. The van der Waals surface area contributed by atoms with E-state index in [1.165, 1.54) is 38.2 Å². The molecule has 0 N–H and O–H groups in total. The van der Waals surface area contributed by atoms with Gasteiger partial charge in [-0.05, 0) is 28.7 Å². The molecule has 0 aliphatic heterocycles. The third-order valence-corrected chi connectivity index (χ3v) is 6.10. The van der Waals surface area contributed by atoms with Crippen LogP contribution in [0.1, 0.15) is 31.7 Å². The average Bonchev–Trinajstić information content (AvgIpc) is 3.11. The van der Waals surface area contributed by atoms with Crippen LogP contribution in [0.25, 0.3) is 44.0 Å². The summed E-state index contributed by atoms with van der Waals surface area (Å²) in [7, 11) is 2.13. The van der Waals surface area contributed by atoms with E-state index in [0.29, 0.717) is 5.92 Å². The number of aromatic nitrogens is 2. The number of aryl methyl sites for hydroxylation is 1. The molecule has 0 saturated heterocycles. The predicted octanol–water partition coefficient (Wildman–Crippen LogP) is 7.06. The number of hydrogen-bond donors (Lipinski definition) is 0. The first-order valence-corrected chi connectivity index (χ1v) is 10.0. The number of nitrogens with zero attached hydrogens (tertiary/aromatic N) is 2. The monoisotopic (exact) mass is 364 g/mol. The predicted molar refractivity (Wildman–Crippen MR) is 120 cm³/mol. The van der Waals surface area contributed by atoms with E-state index in [2.05, 4.69) is 98.3 Å². The van der Waals surface area contributed by atoms with Crippen molar-refractivity contribution in [2.75, 3.05) is 0 Å². The molecule has 0 aliphatic rings. The first-order chi connectivity index (χ1) is 13.7. The van der Waals surface area contributed by atoms with Gasteiger partial charge in [0.15, 0.2) is 0 Å². The Morgan fingerprint density at radius 1 is 0.786 bits per heavy atom. The highest BCUT2D eigenvalue weighted by Crippen LogP contribution is 2.36. The molecular formula is C26H24N2. The fraction of sp³-hybridized carbons (Fsp3) is 0.192. The molecule has 4 aromatic carbocycles. The first kappa shape index (κ1) is 17.0. The van der Waals surface area contributed by atoms with Gasteiger partial charge in [0, 0.05) is 23.4 Å². The Labute approximate surface area is 165 Å². The second kappa shape index (κ2) is 6.49. The molecule has 0 radical (unpaired) electrons. The van der Waals surface area contributed by atoms with E-state index in [9.17, 15) is 0 Å². The molecule has 138 valence electrons. The second-order valence-corrected chi connectivity index (χ2v) is 7.71. The maximum Gasteiger partial charge on any atom is 0.140 e. The van der Waals surface area contributed by atoms with E-state index in [-0.39, 0.29) is 0 Å². The van der Waals surface area contributed by atoms with Crippen LogP contribution in [0.15, 0.2) is 72.8 Å². The topological polar surface area (TPSA) is 17.8 Å². The molecule has 1 atom stereocenters. The zero-order valence-electron chi connectivity index (χ0n) is 16.6. The van der Waals surface area contributed by atoms with Crippen molar-refractivity contribution in [3.05, 3.63) is 78.4 Å². The molecule has 2 nitrogen and oxygen atoms in total. The fourth-order valence-corrected chi connectivity index (χ4v) is 4.30. The summed E-state index contributed by atoms with van der Waals surface area (Å²) in [6.07, 6.45) is 1.16.